The molecule has 8 aromatic rings. The first-order valence-corrected chi connectivity index (χ1v) is 23.4. The average molecular weight is 811 g/mol. The van der Waals surface area contributed by atoms with Crippen LogP contribution in [-0.4, -0.2) is 11.1 Å². The van der Waals surface area contributed by atoms with Gasteiger partial charge in [0.2, 0.25) is 0 Å². The van der Waals surface area contributed by atoms with Crippen molar-refractivity contribution in [3.8, 4) is 44.5 Å². The number of nitrogens with zero attached hydrogens (tertiary/aromatic N) is 2. The van der Waals surface area contributed by atoms with Gasteiger partial charge in [0.15, 0.2) is 0 Å². The monoisotopic (exact) mass is 810 g/mol. The minimum Gasteiger partial charge on any atom is -0.335 e. The fraction of sp³-hybridized carbons (Fsp3) is 0.213. The lowest BCUT2D eigenvalue weighted by atomic mass is 9.70. The van der Waals surface area contributed by atoms with Crippen LogP contribution in [0.4, 0.5) is 22.7 Å². The first-order valence-electron chi connectivity index (χ1n) is 23.4. The van der Waals surface area contributed by atoms with Crippen LogP contribution < -0.4 is 9.80 Å². The number of rotatable bonds is 4. The first kappa shape index (κ1) is 35.9. The normalized spacial score (nSPS) is 23.5. The zero-order chi connectivity index (χ0) is 41.7. The van der Waals surface area contributed by atoms with E-state index in [0.29, 0.717) is 11.8 Å². The highest BCUT2D eigenvalue weighted by Gasteiger charge is 2.54. The van der Waals surface area contributed by atoms with Gasteiger partial charge in [-0.2, -0.15) is 0 Å². The SMILES string of the molecule is CC12CCCC1c1cc(-c3ccc4c(c3)C3(c5ccccc5-c5ccccc53)c3cc(-c5ccc6c(c5)C5CCCC5(C)N6c5ccccc5)ccc3-4)ccc1N2c1ccccc1. The number of benzene rings is 8. The molecule has 4 atom stereocenters. The summed E-state index contributed by atoms with van der Waals surface area (Å²) in [6.07, 6.45) is 7.45. The van der Waals surface area contributed by atoms with Crippen LogP contribution in [0.25, 0.3) is 44.5 Å². The van der Waals surface area contributed by atoms with E-state index in [2.05, 4.69) is 206 Å². The summed E-state index contributed by atoms with van der Waals surface area (Å²) < 4.78 is 0. The maximum atomic E-state index is 2.66. The van der Waals surface area contributed by atoms with Crippen molar-refractivity contribution in [3.05, 3.63) is 215 Å². The molecule has 2 nitrogen and oxygen atoms in total. The van der Waals surface area contributed by atoms with E-state index in [9.17, 15) is 0 Å². The van der Waals surface area contributed by atoms with Crippen LogP contribution in [-0.2, 0) is 5.41 Å². The zero-order valence-electron chi connectivity index (χ0n) is 36.1. The minimum atomic E-state index is -0.431. The molecule has 14 rings (SSSR count). The molecule has 63 heavy (non-hydrogen) atoms. The summed E-state index contributed by atoms with van der Waals surface area (Å²) in [6.45, 7) is 5.01. The van der Waals surface area contributed by atoms with E-state index in [1.54, 1.807) is 0 Å². The number of hydrogen-bond acceptors (Lipinski definition) is 2. The van der Waals surface area contributed by atoms with Gasteiger partial charge in [0.1, 0.15) is 0 Å². The molecule has 0 saturated heterocycles. The van der Waals surface area contributed by atoms with Crippen molar-refractivity contribution in [2.75, 3.05) is 9.80 Å². The van der Waals surface area contributed by atoms with Gasteiger partial charge in [0, 0.05) is 45.7 Å². The van der Waals surface area contributed by atoms with Crippen molar-refractivity contribution in [2.45, 2.75) is 80.7 Å². The average Bonchev–Trinajstić information content (AvgIpc) is 4.14. The van der Waals surface area contributed by atoms with E-state index >= 15 is 0 Å². The van der Waals surface area contributed by atoms with Crippen LogP contribution in [0.5, 0.6) is 0 Å². The number of para-hydroxylation sites is 2. The Balaban J connectivity index is 0.937. The molecule has 4 unspecified atom stereocenters. The van der Waals surface area contributed by atoms with Gasteiger partial charge in [-0.1, -0.05) is 134 Å². The molecule has 4 aliphatic carbocycles. The molecule has 2 heteroatoms. The molecule has 0 bridgehead atoms. The number of fused-ring (bicyclic) bond motifs is 16. The molecule has 0 aromatic heterocycles. The molecule has 2 aliphatic heterocycles. The maximum Gasteiger partial charge on any atom is 0.0725 e. The third-order valence-electron chi connectivity index (χ3n) is 16.9. The minimum absolute atomic E-state index is 0.0950. The molecule has 0 N–H and O–H groups in total. The molecular formula is C61H50N2. The molecular weight excluding hydrogens is 761 g/mol. The Morgan fingerprint density at radius 3 is 1.22 bits per heavy atom. The van der Waals surface area contributed by atoms with Gasteiger partial charge in [-0.15, -0.1) is 0 Å². The van der Waals surface area contributed by atoms with Crippen molar-refractivity contribution >= 4 is 22.7 Å². The fourth-order valence-corrected chi connectivity index (χ4v) is 14.3. The molecule has 2 fully saturated rings. The summed E-state index contributed by atoms with van der Waals surface area (Å²) in [7, 11) is 0. The van der Waals surface area contributed by atoms with Crippen LogP contribution in [0.15, 0.2) is 182 Å². The second-order valence-corrected chi connectivity index (χ2v) is 19.9. The van der Waals surface area contributed by atoms with Gasteiger partial charge in [0.25, 0.3) is 0 Å². The summed E-state index contributed by atoms with van der Waals surface area (Å²) >= 11 is 0. The van der Waals surface area contributed by atoms with Crippen LogP contribution in [0.2, 0.25) is 0 Å². The van der Waals surface area contributed by atoms with Crippen LogP contribution >= 0.6 is 0 Å². The van der Waals surface area contributed by atoms with Gasteiger partial charge in [-0.05, 0) is 178 Å². The highest BCUT2D eigenvalue weighted by atomic mass is 15.2. The second kappa shape index (κ2) is 12.7. The quantitative estimate of drug-likeness (QED) is 0.175. The maximum absolute atomic E-state index is 2.66. The van der Waals surface area contributed by atoms with Crippen molar-refractivity contribution in [1.82, 2.24) is 0 Å². The molecule has 0 amide bonds. The van der Waals surface area contributed by atoms with Crippen molar-refractivity contribution in [1.29, 1.82) is 0 Å². The Morgan fingerprint density at radius 2 is 0.762 bits per heavy atom. The lowest BCUT2D eigenvalue weighted by molar-refractivity contribution is 0.451. The smallest absolute Gasteiger partial charge is 0.0725 e. The molecule has 2 saturated carbocycles. The second-order valence-electron chi connectivity index (χ2n) is 19.9. The Labute approximate surface area is 371 Å². The molecule has 1 spiro atoms. The lowest BCUT2D eigenvalue weighted by Gasteiger charge is -2.37. The third kappa shape index (κ3) is 4.59. The topological polar surface area (TPSA) is 6.48 Å². The summed E-state index contributed by atoms with van der Waals surface area (Å²) in [5.41, 5.74) is 24.3. The van der Waals surface area contributed by atoms with Gasteiger partial charge < -0.3 is 9.80 Å². The standard InChI is InChI=1S/C61H50N2/c1-59-33-13-23-51(59)49-35-39(27-31-57(49)62(59)43-15-5-3-6-16-43)41-25-29-47-48-30-26-42(38-56(48)61(55(47)37-41)53-21-11-9-19-45(53)46-20-10-12-22-54(46)61)40-28-32-58-50(36-40)52-24-14-34-60(52,2)63(58)44-17-7-4-8-18-44/h3-12,15-22,25-32,35-38,51-52H,13-14,23-24,33-34H2,1-2H3. The highest BCUT2D eigenvalue weighted by molar-refractivity contribution is 5.97. The Bertz CT molecular complexity index is 2980. The van der Waals surface area contributed by atoms with Crippen LogP contribution in [0.3, 0.4) is 0 Å². The molecule has 0 radical (unpaired) electrons. The Kier molecular flexibility index (Phi) is 7.26. The van der Waals surface area contributed by atoms with Gasteiger partial charge >= 0.3 is 0 Å². The molecule has 2 heterocycles. The summed E-state index contributed by atoms with van der Waals surface area (Å²) in [5.74, 6) is 1.04. The fourth-order valence-electron chi connectivity index (χ4n) is 14.3. The van der Waals surface area contributed by atoms with E-state index < -0.39 is 5.41 Å². The van der Waals surface area contributed by atoms with Crippen molar-refractivity contribution in [3.63, 3.8) is 0 Å². The summed E-state index contributed by atoms with van der Waals surface area (Å²) in [5, 5.41) is 0. The Morgan fingerprint density at radius 1 is 0.381 bits per heavy atom. The zero-order valence-corrected chi connectivity index (χ0v) is 36.1. The van der Waals surface area contributed by atoms with Crippen molar-refractivity contribution in [2.24, 2.45) is 0 Å². The molecule has 6 aliphatic rings. The predicted molar refractivity (Wildman–Crippen MR) is 261 cm³/mol. The third-order valence-corrected chi connectivity index (χ3v) is 16.9. The predicted octanol–water partition coefficient (Wildman–Crippen LogP) is 15.7. The van der Waals surface area contributed by atoms with Crippen LogP contribution in [0.1, 0.15) is 97.6 Å². The van der Waals surface area contributed by atoms with E-state index in [4.69, 9.17) is 0 Å². The van der Waals surface area contributed by atoms with E-state index in [0.717, 1.165) is 0 Å². The van der Waals surface area contributed by atoms with Crippen molar-refractivity contribution < 1.29 is 0 Å². The van der Waals surface area contributed by atoms with Gasteiger partial charge in [-0.25, -0.2) is 0 Å². The first-order chi connectivity index (χ1) is 31.0. The molecule has 8 aromatic carbocycles. The van der Waals surface area contributed by atoms with Gasteiger partial charge in [-0.3, -0.25) is 0 Å². The van der Waals surface area contributed by atoms with E-state index in [1.165, 1.54) is 139 Å². The van der Waals surface area contributed by atoms with Gasteiger partial charge in [0.05, 0.1) is 5.41 Å². The largest absolute Gasteiger partial charge is 0.335 e. The van der Waals surface area contributed by atoms with E-state index in [1.807, 2.05) is 0 Å². The number of hydrogen-bond donors (Lipinski definition) is 0. The summed E-state index contributed by atoms with van der Waals surface area (Å²) in [4.78, 5) is 5.32. The summed E-state index contributed by atoms with van der Waals surface area (Å²) in [6, 6.07) is 70.2. The molecule has 304 valence electrons. The number of anilines is 4. The van der Waals surface area contributed by atoms with E-state index in [-0.39, 0.29) is 11.1 Å². The Hall–Kier alpha value is -6.64. The lowest BCUT2D eigenvalue weighted by Crippen LogP contribution is -2.40. The van der Waals surface area contributed by atoms with Crippen LogP contribution in [0, 0.1) is 0 Å². The highest BCUT2D eigenvalue weighted by Crippen LogP contribution is 2.65.